The minimum Gasteiger partial charge on any atom is -0.447 e. The van der Waals surface area contributed by atoms with Crippen LogP contribution < -0.4 is 5.32 Å². The van der Waals surface area contributed by atoms with Gasteiger partial charge < -0.3 is 14.8 Å². The number of nitrogens with zero attached hydrogens (tertiary/aromatic N) is 1. The molecule has 1 heterocycles. The zero-order chi connectivity index (χ0) is 12.0. The highest BCUT2D eigenvalue weighted by molar-refractivity contribution is 5.67. The number of carbonyl (C=O) groups is 1. The maximum absolute atomic E-state index is 11.2. The molecular weight excluding hydrogens is 208 g/mol. The Morgan fingerprint density at radius 3 is 3.00 bits per heavy atom. The van der Waals surface area contributed by atoms with Crippen molar-refractivity contribution >= 4 is 6.09 Å². The van der Waals surface area contributed by atoms with Crippen LogP contribution in [0.3, 0.4) is 0 Å². The number of alkyl carbamates (subject to hydrolysis) is 1. The van der Waals surface area contributed by atoms with Gasteiger partial charge in [0.25, 0.3) is 0 Å². The second kappa shape index (κ2) is 6.70. The SMILES string of the molecule is CCN1CCOC(CNC(=O)OC(C)C)C1. The number of carbonyl (C=O) groups excluding carboxylic acids is 1. The molecule has 0 aromatic carbocycles. The lowest BCUT2D eigenvalue weighted by atomic mass is 10.2. The van der Waals surface area contributed by atoms with Crippen LogP contribution in [0.4, 0.5) is 4.79 Å². The Morgan fingerprint density at radius 1 is 1.62 bits per heavy atom. The first-order valence-electron chi connectivity index (χ1n) is 5.90. The first-order chi connectivity index (χ1) is 7.61. The largest absolute Gasteiger partial charge is 0.447 e. The summed E-state index contributed by atoms with van der Waals surface area (Å²) < 4.78 is 10.5. The number of morpholine rings is 1. The van der Waals surface area contributed by atoms with Crippen molar-refractivity contribution in [2.45, 2.75) is 33.0 Å². The van der Waals surface area contributed by atoms with E-state index in [2.05, 4.69) is 17.1 Å². The number of rotatable bonds is 4. The van der Waals surface area contributed by atoms with E-state index < -0.39 is 0 Å². The summed E-state index contributed by atoms with van der Waals surface area (Å²) >= 11 is 0. The predicted molar refractivity (Wildman–Crippen MR) is 61.5 cm³/mol. The number of hydrogen-bond donors (Lipinski definition) is 1. The standard InChI is InChI=1S/C11H22N2O3/c1-4-13-5-6-15-10(8-13)7-12-11(14)16-9(2)3/h9-10H,4-8H2,1-3H3,(H,12,14). The first kappa shape index (κ1) is 13.3. The molecule has 1 unspecified atom stereocenters. The third-order valence-electron chi connectivity index (χ3n) is 2.49. The number of likely N-dealkylation sites (N-methyl/N-ethyl adjacent to an activating group) is 1. The van der Waals surface area contributed by atoms with Gasteiger partial charge in [0.1, 0.15) is 0 Å². The summed E-state index contributed by atoms with van der Waals surface area (Å²) in [5.41, 5.74) is 0. The molecule has 16 heavy (non-hydrogen) atoms. The first-order valence-corrected chi connectivity index (χ1v) is 5.90. The summed E-state index contributed by atoms with van der Waals surface area (Å²) in [6.45, 7) is 9.91. The van der Waals surface area contributed by atoms with Gasteiger partial charge in [-0.2, -0.15) is 0 Å². The molecule has 0 radical (unpaired) electrons. The van der Waals surface area contributed by atoms with Crippen LogP contribution >= 0.6 is 0 Å². The second-order valence-electron chi connectivity index (χ2n) is 4.22. The van der Waals surface area contributed by atoms with Crippen LogP contribution in [-0.2, 0) is 9.47 Å². The summed E-state index contributed by atoms with van der Waals surface area (Å²) in [6, 6.07) is 0. The predicted octanol–water partition coefficient (Wildman–Crippen LogP) is 0.842. The fourth-order valence-corrected chi connectivity index (χ4v) is 1.64. The van der Waals surface area contributed by atoms with Gasteiger partial charge in [0.15, 0.2) is 0 Å². The quantitative estimate of drug-likeness (QED) is 0.777. The Balaban J connectivity index is 2.19. The van der Waals surface area contributed by atoms with Gasteiger partial charge in [-0.1, -0.05) is 6.92 Å². The van der Waals surface area contributed by atoms with Crippen LogP contribution in [0.1, 0.15) is 20.8 Å². The van der Waals surface area contributed by atoms with Gasteiger partial charge in [-0.3, -0.25) is 4.90 Å². The maximum atomic E-state index is 11.2. The van der Waals surface area contributed by atoms with Crippen molar-refractivity contribution in [3.8, 4) is 0 Å². The number of amides is 1. The van der Waals surface area contributed by atoms with Gasteiger partial charge >= 0.3 is 6.09 Å². The smallest absolute Gasteiger partial charge is 0.407 e. The summed E-state index contributed by atoms with van der Waals surface area (Å²) in [5.74, 6) is 0. The molecule has 94 valence electrons. The van der Waals surface area contributed by atoms with Gasteiger partial charge in [-0.25, -0.2) is 4.79 Å². The minimum absolute atomic E-state index is 0.0772. The molecule has 5 heteroatoms. The fraction of sp³-hybridized carbons (Fsp3) is 0.909. The Labute approximate surface area is 97.1 Å². The molecule has 0 aromatic rings. The molecule has 1 aliphatic rings. The molecule has 0 aromatic heterocycles. The minimum atomic E-state index is -0.368. The Bertz CT molecular complexity index is 221. The van der Waals surface area contributed by atoms with E-state index in [9.17, 15) is 4.79 Å². The molecule has 1 N–H and O–H groups in total. The van der Waals surface area contributed by atoms with Crippen LogP contribution in [0.5, 0.6) is 0 Å². The van der Waals surface area contributed by atoms with Gasteiger partial charge in [0.05, 0.1) is 18.8 Å². The van der Waals surface area contributed by atoms with Crippen LogP contribution in [0.25, 0.3) is 0 Å². The topological polar surface area (TPSA) is 50.8 Å². The van der Waals surface area contributed by atoms with Crippen molar-refractivity contribution in [3.63, 3.8) is 0 Å². The fourth-order valence-electron chi connectivity index (χ4n) is 1.64. The highest BCUT2D eigenvalue weighted by Crippen LogP contribution is 2.03. The molecule has 0 aliphatic carbocycles. The Hall–Kier alpha value is -0.810. The molecular formula is C11H22N2O3. The van der Waals surface area contributed by atoms with Crippen molar-refractivity contribution in [3.05, 3.63) is 0 Å². The van der Waals surface area contributed by atoms with Crippen LogP contribution in [0.2, 0.25) is 0 Å². The molecule has 1 aliphatic heterocycles. The van der Waals surface area contributed by atoms with Crippen molar-refractivity contribution in [1.82, 2.24) is 10.2 Å². The van der Waals surface area contributed by atoms with Gasteiger partial charge in [-0.15, -0.1) is 0 Å². The highest BCUT2D eigenvalue weighted by Gasteiger charge is 2.19. The summed E-state index contributed by atoms with van der Waals surface area (Å²) in [5, 5.41) is 2.72. The molecule has 1 rings (SSSR count). The molecule has 1 fully saturated rings. The van der Waals surface area contributed by atoms with Crippen molar-refractivity contribution < 1.29 is 14.3 Å². The molecule has 1 amide bonds. The molecule has 0 saturated carbocycles. The third-order valence-corrected chi connectivity index (χ3v) is 2.49. The van der Waals surface area contributed by atoms with E-state index in [4.69, 9.17) is 9.47 Å². The molecule has 1 saturated heterocycles. The van der Waals surface area contributed by atoms with E-state index in [0.29, 0.717) is 6.54 Å². The summed E-state index contributed by atoms with van der Waals surface area (Å²) in [7, 11) is 0. The van der Waals surface area contributed by atoms with E-state index in [1.54, 1.807) is 0 Å². The van der Waals surface area contributed by atoms with Crippen LogP contribution in [-0.4, -0.2) is 56.0 Å². The lowest BCUT2D eigenvalue weighted by molar-refractivity contribution is -0.0254. The van der Waals surface area contributed by atoms with E-state index in [0.717, 1.165) is 26.2 Å². The molecule has 0 spiro atoms. The Morgan fingerprint density at radius 2 is 2.38 bits per heavy atom. The van der Waals surface area contributed by atoms with Gasteiger partial charge in [0.2, 0.25) is 0 Å². The van der Waals surface area contributed by atoms with Gasteiger partial charge in [0, 0.05) is 19.6 Å². The van der Waals surface area contributed by atoms with Crippen LogP contribution in [0, 0.1) is 0 Å². The monoisotopic (exact) mass is 230 g/mol. The van der Waals surface area contributed by atoms with Gasteiger partial charge in [-0.05, 0) is 20.4 Å². The Kier molecular flexibility index (Phi) is 5.55. The zero-order valence-electron chi connectivity index (χ0n) is 10.4. The number of hydrogen-bond acceptors (Lipinski definition) is 4. The average Bonchev–Trinajstić information content (AvgIpc) is 2.26. The number of ether oxygens (including phenoxy) is 2. The normalized spacial score (nSPS) is 22.1. The summed E-state index contributed by atoms with van der Waals surface area (Å²) in [6.07, 6.45) is -0.375. The maximum Gasteiger partial charge on any atom is 0.407 e. The molecule has 0 bridgehead atoms. The van der Waals surface area contributed by atoms with Crippen LogP contribution in [0.15, 0.2) is 0 Å². The third kappa shape index (κ3) is 4.81. The van der Waals surface area contributed by atoms with E-state index >= 15 is 0 Å². The van der Waals surface area contributed by atoms with Crippen molar-refractivity contribution in [2.24, 2.45) is 0 Å². The lowest BCUT2D eigenvalue weighted by Gasteiger charge is -2.32. The van der Waals surface area contributed by atoms with Crippen molar-refractivity contribution in [2.75, 3.05) is 32.8 Å². The molecule has 1 atom stereocenters. The second-order valence-corrected chi connectivity index (χ2v) is 4.22. The van der Waals surface area contributed by atoms with Crippen molar-refractivity contribution in [1.29, 1.82) is 0 Å². The van der Waals surface area contributed by atoms with E-state index in [1.165, 1.54) is 0 Å². The molecule has 5 nitrogen and oxygen atoms in total. The van der Waals surface area contributed by atoms with E-state index in [-0.39, 0.29) is 18.3 Å². The number of nitrogens with one attached hydrogen (secondary N) is 1. The highest BCUT2D eigenvalue weighted by atomic mass is 16.6. The van der Waals surface area contributed by atoms with E-state index in [1.807, 2.05) is 13.8 Å². The lowest BCUT2D eigenvalue weighted by Crippen LogP contribution is -2.47. The summed E-state index contributed by atoms with van der Waals surface area (Å²) in [4.78, 5) is 13.6. The zero-order valence-corrected chi connectivity index (χ0v) is 10.4. The average molecular weight is 230 g/mol.